The number of hydrogen-bond donors (Lipinski definition) is 2. The van der Waals surface area contributed by atoms with Gasteiger partial charge in [0.15, 0.2) is 0 Å². The predicted molar refractivity (Wildman–Crippen MR) is 115 cm³/mol. The van der Waals surface area contributed by atoms with E-state index in [9.17, 15) is 14.1 Å². The fourth-order valence-electron chi connectivity index (χ4n) is 2.69. The Bertz CT molecular complexity index is 824. The third-order valence-electron chi connectivity index (χ3n) is 4.16. The molecule has 0 aliphatic carbocycles. The van der Waals surface area contributed by atoms with Crippen molar-refractivity contribution in [2.75, 3.05) is 7.11 Å². The molecule has 2 aromatic heterocycles. The standard InChI is InChI=1S/C19H25BrN2O4S2/c1-18(2,3)28(25)22-19(13-8-9-27-12-13,11-14(23)10-17(24)26-4)15-6-5-7-16(20)21-15/h5-9,12,14,22-23H,10-11H2,1-4H3. The highest BCUT2D eigenvalue weighted by Gasteiger charge is 2.42. The highest BCUT2D eigenvalue weighted by molar-refractivity contribution is 9.10. The minimum absolute atomic E-state index is 0.101. The number of halogens is 1. The van der Waals surface area contributed by atoms with E-state index in [1.165, 1.54) is 18.4 Å². The van der Waals surface area contributed by atoms with E-state index in [-0.39, 0.29) is 12.8 Å². The van der Waals surface area contributed by atoms with Crippen LogP contribution < -0.4 is 4.72 Å². The highest BCUT2D eigenvalue weighted by atomic mass is 79.9. The fraction of sp³-hybridized carbons (Fsp3) is 0.474. The molecule has 9 heteroatoms. The molecular formula is C19H25BrN2O4S2. The van der Waals surface area contributed by atoms with Gasteiger partial charge < -0.3 is 9.84 Å². The normalized spacial score (nSPS) is 16.2. The van der Waals surface area contributed by atoms with Crippen molar-refractivity contribution in [1.29, 1.82) is 0 Å². The van der Waals surface area contributed by atoms with Gasteiger partial charge in [-0.3, -0.25) is 4.79 Å². The number of rotatable bonds is 8. The first-order chi connectivity index (χ1) is 13.1. The van der Waals surface area contributed by atoms with Gasteiger partial charge in [0.2, 0.25) is 0 Å². The zero-order chi connectivity index (χ0) is 20.9. The Morgan fingerprint density at radius 1 is 1.39 bits per heavy atom. The molecule has 2 aromatic rings. The summed E-state index contributed by atoms with van der Waals surface area (Å²) in [6.45, 7) is 5.61. The maximum absolute atomic E-state index is 13.1. The summed E-state index contributed by atoms with van der Waals surface area (Å²) in [6.07, 6.45) is -1.08. The van der Waals surface area contributed by atoms with Crippen molar-refractivity contribution in [3.05, 3.63) is 50.9 Å². The van der Waals surface area contributed by atoms with E-state index in [0.29, 0.717) is 10.3 Å². The number of aliphatic hydroxyl groups excluding tert-OH is 1. The molecule has 0 fully saturated rings. The van der Waals surface area contributed by atoms with E-state index in [1.807, 2.05) is 49.7 Å². The Kier molecular flexibility index (Phi) is 7.92. The summed E-state index contributed by atoms with van der Waals surface area (Å²) in [5, 5.41) is 14.5. The summed E-state index contributed by atoms with van der Waals surface area (Å²) < 4.78 is 21.1. The van der Waals surface area contributed by atoms with Gasteiger partial charge in [-0.25, -0.2) is 13.9 Å². The monoisotopic (exact) mass is 488 g/mol. The summed E-state index contributed by atoms with van der Waals surface area (Å²) in [6, 6.07) is 7.36. The lowest BCUT2D eigenvalue weighted by molar-refractivity contribution is -0.143. The number of aromatic nitrogens is 1. The third-order valence-corrected chi connectivity index (χ3v) is 6.93. The first kappa shape index (κ1) is 23.2. The van der Waals surface area contributed by atoms with Crippen LogP contribution in [-0.2, 0) is 26.1 Å². The largest absolute Gasteiger partial charge is 0.469 e. The van der Waals surface area contributed by atoms with Gasteiger partial charge in [0.05, 0.1) is 41.1 Å². The molecule has 3 atom stereocenters. The molecular weight excluding hydrogens is 464 g/mol. The number of nitrogens with zero attached hydrogens (tertiary/aromatic N) is 1. The first-order valence-electron chi connectivity index (χ1n) is 8.69. The molecule has 0 radical (unpaired) electrons. The van der Waals surface area contributed by atoms with Crippen LogP contribution in [0.5, 0.6) is 0 Å². The Labute approximate surface area is 180 Å². The lowest BCUT2D eigenvalue weighted by Gasteiger charge is -2.37. The molecule has 0 spiro atoms. The minimum atomic E-state index is -1.46. The summed E-state index contributed by atoms with van der Waals surface area (Å²) in [5.41, 5.74) is 0.376. The number of carbonyl (C=O) groups is 1. The second kappa shape index (κ2) is 9.58. The maximum Gasteiger partial charge on any atom is 0.308 e. The van der Waals surface area contributed by atoms with Gasteiger partial charge in [0.25, 0.3) is 0 Å². The van der Waals surface area contributed by atoms with Crippen molar-refractivity contribution in [2.24, 2.45) is 0 Å². The number of pyridine rings is 1. The zero-order valence-electron chi connectivity index (χ0n) is 16.3. The SMILES string of the molecule is COC(=O)CC(O)CC(NS(=O)C(C)(C)C)(c1ccsc1)c1cccc(Br)n1. The van der Waals surface area contributed by atoms with Gasteiger partial charge in [-0.15, -0.1) is 0 Å². The van der Waals surface area contributed by atoms with E-state index in [2.05, 4.69) is 30.4 Å². The van der Waals surface area contributed by atoms with Crippen LogP contribution in [0.15, 0.2) is 39.6 Å². The number of ether oxygens (including phenoxy) is 1. The van der Waals surface area contributed by atoms with Crippen molar-refractivity contribution < 1.29 is 18.8 Å². The van der Waals surface area contributed by atoms with Crippen LogP contribution in [0.25, 0.3) is 0 Å². The molecule has 28 heavy (non-hydrogen) atoms. The van der Waals surface area contributed by atoms with Crippen LogP contribution in [0, 0.1) is 0 Å². The molecule has 6 nitrogen and oxygen atoms in total. The number of aliphatic hydroxyl groups is 1. The van der Waals surface area contributed by atoms with Gasteiger partial charge in [-0.05, 0) is 71.2 Å². The molecule has 154 valence electrons. The smallest absolute Gasteiger partial charge is 0.308 e. The summed E-state index contributed by atoms with van der Waals surface area (Å²) in [4.78, 5) is 16.3. The molecule has 0 bridgehead atoms. The van der Waals surface area contributed by atoms with Crippen LogP contribution in [-0.4, -0.2) is 38.2 Å². The number of hydrogen-bond acceptors (Lipinski definition) is 6. The Morgan fingerprint density at radius 2 is 2.11 bits per heavy atom. The molecule has 0 saturated heterocycles. The number of esters is 1. The van der Waals surface area contributed by atoms with Crippen LogP contribution in [0.2, 0.25) is 0 Å². The molecule has 2 heterocycles. The zero-order valence-corrected chi connectivity index (χ0v) is 19.5. The topological polar surface area (TPSA) is 88.5 Å². The van der Waals surface area contributed by atoms with Crippen LogP contribution in [0.3, 0.4) is 0 Å². The molecule has 2 rings (SSSR count). The average Bonchev–Trinajstić information content (AvgIpc) is 3.15. The summed E-state index contributed by atoms with van der Waals surface area (Å²) in [7, 11) is -0.176. The molecule has 0 aliphatic heterocycles. The van der Waals surface area contributed by atoms with Crippen LogP contribution >= 0.6 is 27.3 Å². The van der Waals surface area contributed by atoms with Crippen molar-refractivity contribution in [3.8, 4) is 0 Å². The van der Waals surface area contributed by atoms with Gasteiger partial charge in [-0.1, -0.05) is 6.07 Å². The Morgan fingerprint density at radius 3 is 2.64 bits per heavy atom. The summed E-state index contributed by atoms with van der Waals surface area (Å²) >= 11 is 4.89. The quantitative estimate of drug-likeness (QED) is 0.438. The molecule has 0 aromatic carbocycles. The van der Waals surface area contributed by atoms with Gasteiger partial charge >= 0.3 is 5.97 Å². The van der Waals surface area contributed by atoms with Crippen LogP contribution in [0.1, 0.15) is 44.9 Å². The van der Waals surface area contributed by atoms with Gasteiger partial charge in [-0.2, -0.15) is 11.3 Å². The van der Waals surface area contributed by atoms with E-state index >= 15 is 0 Å². The number of nitrogens with one attached hydrogen (secondary N) is 1. The van der Waals surface area contributed by atoms with Crippen molar-refractivity contribution in [2.45, 2.75) is 50.0 Å². The lowest BCUT2D eigenvalue weighted by atomic mass is 9.83. The first-order valence-corrected chi connectivity index (χ1v) is 11.6. The van der Waals surface area contributed by atoms with Gasteiger partial charge in [0.1, 0.15) is 10.1 Å². The highest BCUT2D eigenvalue weighted by Crippen LogP contribution is 2.37. The van der Waals surface area contributed by atoms with Crippen molar-refractivity contribution in [3.63, 3.8) is 0 Å². The number of carbonyl (C=O) groups excluding carboxylic acids is 1. The predicted octanol–water partition coefficient (Wildman–Crippen LogP) is 3.52. The number of thiophene rings is 1. The van der Waals surface area contributed by atoms with E-state index in [0.717, 1.165) is 5.56 Å². The van der Waals surface area contributed by atoms with Gasteiger partial charge in [0, 0.05) is 6.42 Å². The third kappa shape index (κ3) is 5.70. The molecule has 0 saturated carbocycles. The van der Waals surface area contributed by atoms with Crippen molar-refractivity contribution in [1.82, 2.24) is 9.71 Å². The summed E-state index contributed by atoms with van der Waals surface area (Å²) in [5.74, 6) is -0.508. The second-order valence-corrected chi connectivity index (χ2v) is 10.9. The minimum Gasteiger partial charge on any atom is -0.469 e. The molecule has 0 amide bonds. The molecule has 3 unspecified atom stereocenters. The fourth-order valence-corrected chi connectivity index (χ4v) is 4.69. The lowest BCUT2D eigenvalue weighted by Crippen LogP contribution is -2.51. The maximum atomic E-state index is 13.1. The number of methoxy groups -OCH3 is 1. The average molecular weight is 489 g/mol. The molecule has 2 N–H and O–H groups in total. The second-order valence-electron chi connectivity index (χ2n) is 7.38. The Balaban J connectivity index is 2.58. The van der Waals surface area contributed by atoms with E-state index in [4.69, 9.17) is 0 Å². The van der Waals surface area contributed by atoms with E-state index < -0.39 is 33.3 Å². The van der Waals surface area contributed by atoms with Crippen molar-refractivity contribution >= 4 is 44.2 Å². The van der Waals surface area contributed by atoms with E-state index in [1.54, 1.807) is 6.07 Å². The van der Waals surface area contributed by atoms with Crippen LogP contribution in [0.4, 0.5) is 0 Å². The molecule has 0 aliphatic rings. The Hall–Kier alpha value is -1.13.